The Morgan fingerprint density at radius 1 is 1.14 bits per heavy atom. The average Bonchev–Trinajstić information content (AvgIpc) is 3.43. The van der Waals surface area contributed by atoms with Gasteiger partial charge in [-0.2, -0.15) is 0 Å². The number of hydrogen-bond donors (Lipinski definition) is 1. The van der Waals surface area contributed by atoms with Gasteiger partial charge >= 0.3 is 0 Å². The Kier molecular flexibility index (Phi) is 5.81. The highest BCUT2D eigenvalue weighted by molar-refractivity contribution is 5.93. The maximum Gasteiger partial charge on any atom is 0.273 e. The van der Waals surface area contributed by atoms with E-state index in [1.807, 2.05) is 30.3 Å². The first-order valence-corrected chi connectivity index (χ1v) is 10.2. The zero-order valence-corrected chi connectivity index (χ0v) is 17.0. The monoisotopic (exact) mass is 393 g/mol. The van der Waals surface area contributed by atoms with Gasteiger partial charge in [-0.05, 0) is 69.1 Å². The first-order valence-electron chi connectivity index (χ1n) is 10.2. The van der Waals surface area contributed by atoms with Crippen LogP contribution in [0.25, 0.3) is 11.3 Å². The molecule has 29 heavy (non-hydrogen) atoms. The average molecular weight is 393 g/mol. The number of rotatable bonds is 6. The number of carbonyl (C=O) groups is 1. The van der Waals surface area contributed by atoms with Gasteiger partial charge in [-0.3, -0.25) is 9.69 Å². The van der Waals surface area contributed by atoms with Crippen LogP contribution in [-0.2, 0) is 0 Å². The Balaban J connectivity index is 1.44. The number of furan rings is 1. The van der Waals surface area contributed by atoms with Gasteiger partial charge in [-0.15, -0.1) is 0 Å². The van der Waals surface area contributed by atoms with Crippen LogP contribution >= 0.6 is 0 Å². The molecule has 3 aromatic rings. The molecule has 0 unspecified atom stereocenters. The molecule has 1 aliphatic rings. The van der Waals surface area contributed by atoms with Gasteiger partial charge in [0, 0.05) is 18.2 Å². The lowest BCUT2D eigenvalue weighted by atomic mass is 10.0. The third-order valence-corrected chi connectivity index (χ3v) is 5.69. The summed E-state index contributed by atoms with van der Waals surface area (Å²) in [6, 6.07) is 11.7. The fraction of sp³-hybridized carbons (Fsp3) is 0.391. The third kappa shape index (κ3) is 4.43. The van der Waals surface area contributed by atoms with Crippen molar-refractivity contribution in [1.29, 1.82) is 0 Å². The van der Waals surface area contributed by atoms with Crippen molar-refractivity contribution in [2.45, 2.75) is 39.2 Å². The number of nitrogens with zero attached hydrogens (tertiary/aromatic N) is 2. The summed E-state index contributed by atoms with van der Waals surface area (Å²) >= 11 is 0. The van der Waals surface area contributed by atoms with Crippen LogP contribution < -0.4 is 5.32 Å². The van der Waals surface area contributed by atoms with E-state index >= 15 is 0 Å². The fourth-order valence-electron chi connectivity index (χ4n) is 3.81. The van der Waals surface area contributed by atoms with Crippen LogP contribution in [0.3, 0.4) is 0 Å². The maximum atomic E-state index is 12.7. The van der Waals surface area contributed by atoms with Gasteiger partial charge in [-0.1, -0.05) is 23.7 Å². The van der Waals surface area contributed by atoms with Gasteiger partial charge in [0.05, 0.1) is 12.3 Å². The number of aryl methyl sites for hydroxylation is 2. The van der Waals surface area contributed by atoms with E-state index in [0.29, 0.717) is 12.3 Å². The van der Waals surface area contributed by atoms with E-state index in [0.717, 1.165) is 24.4 Å². The summed E-state index contributed by atoms with van der Waals surface area (Å²) in [5.41, 5.74) is 3.59. The smallest absolute Gasteiger partial charge is 0.273 e. The Morgan fingerprint density at radius 2 is 1.97 bits per heavy atom. The predicted octanol–water partition coefficient (Wildman–Crippen LogP) is 4.51. The number of nitrogens with one attached hydrogen (secondary N) is 1. The summed E-state index contributed by atoms with van der Waals surface area (Å²) in [6.07, 6.45) is 5.29. The van der Waals surface area contributed by atoms with Crippen molar-refractivity contribution in [3.05, 3.63) is 65.2 Å². The Morgan fingerprint density at radius 3 is 2.69 bits per heavy atom. The molecule has 1 amide bonds. The molecule has 1 aliphatic heterocycles. The summed E-state index contributed by atoms with van der Waals surface area (Å²) in [4.78, 5) is 15.1. The molecule has 2 aromatic heterocycles. The summed E-state index contributed by atoms with van der Waals surface area (Å²) in [6.45, 7) is 6.62. The molecular weight excluding hydrogens is 366 g/mol. The number of likely N-dealkylation sites (tertiary alicyclic amines) is 1. The minimum Gasteiger partial charge on any atom is -0.468 e. The van der Waals surface area contributed by atoms with Crippen LogP contribution in [0.5, 0.6) is 0 Å². The highest BCUT2D eigenvalue weighted by Gasteiger charge is 2.25. The molecule has 4 rings (SSSR count). The van der Waals surface area contributed by atoms with Crippen LogP contribution in [-0.4, -0.2) is 35.6 Å². The minimum atomic E-state index is -0.239. The molecule has 0 radical (unpaired) electrons. The highest BCUT2D eigenvalue weighted by atomic mass is 16.5. The zero-order valence-electron chi connectivity index (χ0n) is 17.0. The Bertz CT molecular complexity index is 956. The number of piperidine rings is 1. The van der Waals surface area contributed by atoms with Crippen molar-refractivity contribution >= 4 is 5.91 Å². The molecule has 1 atom stereocenters. The van der Waals surface area contributed by atoms with Crippen LogP contribution in [0.1, 0.15) is 52.7 Å². The molecule has 0 bridgehead atoms. The van der Waals surface area contributed by atoms with E-state index in [1.165, 1.54) is 30.4 Å². The SMILES string of the molecule is Cc1ccc(-c2cc(C(=O)NC[C@@H](c3ccco3)N3CCCCC3)no2)cc1C. The first kappa shape index (κ1) is 19.5. The lowest BCUT2D eigenvalue weighted by molar-refractivity contribution is 0.0905. The molecule has 0 spiro atoms. The maximum absolute atomic E-state index is 12.7. The highest BCUT2D eigenvalue weighted by Crippen LogP contribution is 2.25. The standard InChI is InChI=1S/C23H27N3O3/c1-16-8-9-18(13-17(16)2)22-14-19(25-29-22)23(27)24-15-20(21-7-6-12-28-21)26-10-4-3-5-11-26/h6-9,12-14,20H,3-5,10-11,15H2,1-2H3,(H,24,27)/t20-/m0/s1. The van der Waals surface area contributed by atoms with Gasteiger partial charge in [0.15, 0.2) is 11.5 Å². The van der Waals surface area contributed by atoms with E-state index in [2.05, 4.69) is 29.2 Å². The van der Waals surface area contributed by atoms with Crippen LogP contribution in [0.4, 0.5) is 0 Å². The van der Waals surface area contributed by atoms with E-state index in [9.17, 15) is 4.79 Å². The van der Waals surface area contributed by atoms with Crippen molar-refractivity contribution in [3.63, 3.8) is 0 Å². The summed E-state index contributed by atoms with van der Waals surface area (Å²) in [7, 11) is 0. The van der Waals surface area contributed by atoms with Crippen LogP contribution in [0.15, 0.2) is 51.6 Å². The van der Waals surface area contributed by atoms with E-state index < -0.39 is 0 Å². The first-order chi connectivity index (χ1) is 14.1. The van der Waals surface area contributed by atoms with Crippen molar-refractivity contribution in [3.8, 4) is 11.3 Å². The van der Waals surface area contributed by atoms with Gasteiger partial charge in [-0.25, -0.2) is 0 Å². The lowest BCUT2D eigenvalue weighted by Gasteiger charge is -2.33. The second-order valence-electron chi connectivity index (χ2n) is 7.71. The van der Waals surface area contributed by atoms with E-state index in [-0.39, 0.29) is 17.6 Å². The molecule has 1 fully saturated rings. The molecule has 1 aromatic carbocycles. The fourth-order valence-corrected chi connectivity index (χ4v) is 3.81. The Hall–Kier alpha value is -2.86. The molecule has 0 saturated carbocycles. The summed E-state index contributed by atoms with van der Waals surface area (Å²) < 4.78 is 11.1. The van der Waals surface area contributed by atoms with Crippen LogP contribution in [0.2, 0.25) is 0 Å². The van der Waals surface area contributed by atoms with E-state index in [1.54, 1.807) is 12.3 Å². The second kappa shape index (κ2) is 8.66. The topological polar surface area (TPSA) is 71.5 Å². The largest absolute Gasteiger partial charge is 0.468 e. The zero-order chi connectivity index (χ0) is 20.2. The molecule has 0 aliphatic carbocycles. The summed E-state index contributed by atoms with van der Waals surface area (Å²) in [5.74, 6) is 1.23. The van der Waals surface area contributed by atoms with Gasteiger partial charge in [0.25, 0.3) is 5.91 Å². The van der Waals surface area contributed by atoms with Crippen molar-refractivity contribution < 1.29 is 13.7 Å². The number of amides is 1. The number of aromatic nitrogens is 1. The molecule has 6 heteroatoms. The normalized spacial score (nSPS) is 15.9. The number of carbonyl (C=O) groups excluding carboxylic acids is 1. The van der Waals surface area contributed by atoms with Crippen molar-refractivity contribution in [1.82, 2.24) is 15.4 Å². The van der Waals surface area contributed by atoms with Gasteiger partial charge in [0.1, 0.15) is 5.76 Å². The molecule has 6 nitrogen and oxygen atoms in total. The second-order valence-corrected chi connectivity index (χ2v) is 7.71. The quantitative estimate of drug-likeness (QED) is 0.667. The molecule has 1 saturated heterocycles. The van der Waals surface area contributed by atoms with Crippen molar-refractivity contribution in [2.24, 2.45) is 0 Å². The van der Waals surface area contributed by atoms with Gasteiger partial charge in [0.2, 0.25) is 0 Å². The van der Waals surface area contributed by atoms with E-state index in [4.69, 9.17) is 8.94 Å². The lowest BCUT2D eigenvalue weighted by Crippen LogP contribution is -2.40. The van der Waals surface area contributed by atoms with Crippen molar-refractivity contribution in [2.75, 3.05) is 19.6 Å². The molecule has 152 valence electrons. The number of hydrogen-bond acceptors (Lipinski definition) is 5. The van der Waals surface area contributed by atoms with Crippen LogP contribution in [0, 0.1) is 13.8 Å². The van der Waals surface area contributed by atoms with Gasteiger partial charge < -0.3 is 14.3 Å². The molecule has 1 N–H and O–H groups in total. The third-order valence-electron chi connectivity index (χ3n) is 5.69. The molecular formula is C23H27N3O3. The summed E-state index contributed by atoms with van der Waals surface area (Å²) in [5, 5.41) is 6.98. The minimum absolute atomic E-state index is 0.0281. The number of benzene rings is 1. The molecule has 3 heterocycles. The predicted molar refractivity (Wildman–Crippen MR) is 111 cm³/mol. The Labute approximate surface area is 170 Å².